The first kappa shape index (κ1) is 21.9. The van der Waals surface area contributed by atoms with Crippen LogP contribution < -0.4 is 25.2 Å². The van der Waals surface area contributed by atoms with Gasteiger partial charge in [-0.25, -0.2) is 18.9 Å². The summed E-state index contributed by atoms with van der Waals surface area (Å²) in [5.41, 5.74) is 2.22. The summed E-state index contributed by atoms with van der Waals surface area (Å²) in [6.45, 7) is 3.62. The molecule has 0 aliphatic rings. The van der Waals surface area contributed by atoms with Crippen LogP contribution in [0.4, 0.5) is 5.69 Å². The Kier molecular flexibility index (Phi) is 5.99. The van der Waals surface area contributed by atoms with Crippen molar-refractivity contribution in [3.05, 3.63) is 70.4 Å². The number of anilines is 1. The van der Waals surface area contributed by atoms with E-state index in [-0.39, 0.29) is 18.1 Å². The average Bonchev–Trinajstić information content (AvgIpc) is 3.09. The number of carbonyl (C=O) groups excluding carboxylic acids is 1. The lowest BCUT2D eigenvalue weighted by molar-refractivity contribution is -0.117. The lowest BCUT2D eigenvalue weighted by Gasteiger charge is -2.11. The zero-order valence-electron chi connectivity index (χ0n) is 18.7. The molecular weight excluding hydrogens is 426 g/mol. The quantitative estimate of drug-likeness (QED) is 0.462. The third-order valence-electron chi connectivity index (χ3n) is 4.86. The van der Waals surface area contributed by atoms with Gasteiger partial charge in [0.05, 0.1) is 19.9 Å². The maximum absolute atomic E-state index is 12.8. The van der Waals surface area contributed by atoms with Gasteiger partial charge in [0.2, 0.25) is 11.6 Å². The maximum atomic E-state index is 12.8. The van der Waals surface area contributed by atoms with Gasteiger partial charge in [0.25, 0.3) is 5.88 Å². The molecule has 0 fully saturated rings. The second-order valence-electron chi connectivity index (χ2n) is 7.41. The van der Waals surface area contributed by atoms with E-state index in [1.54, 1.807) is 18.2 Å². The van der Waals surface area contributed by atoms with E-state index in [1.165, 1.54) is 31.0 Å². The highest BCUT2D eigenvalue weighted by Gasteiger charge is 2.17. The Labute approximate surface area is 189 Å². The van der Waals surface area contributed by atoms with E-state index in [0.29, 0.717) is 22.9 Å². The van der Waals surface area contributed by atoms with Crippen molar-refractivity contribution in [3.63, 3.8) is 0 Å². The molecule has 4 aromatic rings. The van der Waals surface area contributed by atoms with Crippen molar-refractivity contribution in [2.75, 3.05) is 19.5 Å². The Morgan fingerprint density at radius 2 is 1.79 bits per heavy atom. The topological polar surface area (TPSA) is 109 Å². The van der Waals surface area contributed by atoms with Crippen LogP contribution in [0.2, 0.25) is 0 Å². The van der Waals surface area contributed by atoms with Gasteiger partial charge in [0, 0.05) is 18.5 Å². The summed E-state index contributed by atoms with van der Waals surface area (Å²) in [4.78, 5) is 29.6. The zero-order valence-corrected chi connectivity index (χ0v) is 18.7. The number of benzene rings is 2. The van der Waals surface area contributed by atoms with Crippen molar-refractivity contribution in [1.82, 2.24) is 19.2 Å². The highest BCUT2D eigenvalue weighted by atomic mass is 16.5. The molecule has 0 unspecified atom stereocenters. The number of rotatable bonds is 7. The number of ether oxygens (including phenoxy) is 3. The number of aromatic nitrogens is 4. The Hall–Kier alpha value is -4.34. The van der Waals surface area contributed by atoms with Crippen molar-refractivity contribution in [2.45, 2.75) is 20.4 Å². The minimum atomic E-state index is -0.491. The van der Waals surface area contributed by atoms with Gasteiger partial charge in [0.1, 0.15) is 23.8 Å². The summed E-state index contributed by atoms with van der Waals surface area (Å²) in [7, 11) is 3.02. The van der Waals surface area contributed by atoms with Crippen LogP contribution in [0.3, 0.4) is 0 Å². The predicted octanol–water partition coefficient (Wildman–Crippen LogP) is 2.96. The van der Waals surface area contributed by atoms with Crippen LogP contribution in [0.25, 0.3) is 5.65 Å². The van der Waals surface area contributed by atoms with Crippen LogP contribution in [0, 0.1) is 13.8 Å². The van der Waals surface area contributed by atoms with Crippen molar-refractivity contribution in [3.8, 4) is 23.1 Å². The first-order valence-electron chi connectivity index (χ1n) is 10.1. The smallest absolute Gasteiger partial charge is 0.351 e. The molecule has 0 saturated carbocycles. The van der Waals surface area contributed by atoms with Crippen LogP contribution in [0.15, 0.2) is 53.6 Å². The van der Waals surface area contributed by atoms with Gasteiger partial charge in [-0.3, -0.25) is 4.79 Å². The molecule has 0 saturated heterocycles. The molecule has 1 amide bonds. The molecular formula is C23H23N5O5. The number of aryl methyl sites for hydroxylation is 2. The van der Waals surface area contributed by atoms with E-state index < -0.39 is 11.6 Å². The maximum Gasteiger partial charge on any atom is 0.351 e. The summed E-state index contributed by atoms with van der Waals surface area (Å²) < 4.78 is 18.7. The van der Waals surface area contributed by atoms with E-state index in [2.05, 4.69) is 15.4 Å². The van der Waals surface area contributed by atoms with Gasteiger partial charge < -0.3 is 19.5 Å². The van der Waals surface area contributed by atoms with E-state index >= 15 is 0 Å². The summed E-state index contributed by atoms with van der Waals surface area (Å²) in [5, 5.41) is 7.00. The van der Waals surface area contributed by atoms with Gasteiger partial charge in [-0.05, 0) is 49.2 Å². The summed E-state index contributed by atoms with van der Waals surface area (Å²) in [6.07, 6.45) is 2.92. The lowest BCUT2D eigenvalue weighted by Crippen LogP contribution is -2.28. The molecule has 0 bridgehead atoms. The minimum absolute atomic E-state index is 0.163. The second kappa shape index (κ2) is 9.03. The number of hydrogen-bond acceptors (Lipinski definition) is 7. The number of fused-ring (bicyclic) bond motifs is 1. The number of nitrogens with zero attached hydrogens (tertiary/aromatic N) is 4. The molecule has 2 heterocycles. The molecule has 0 radical (unpaired) electrons. The van der Waals surface area contributed by atoms with Gasteiger partial charge in [-0.2, -0.15) is 0 Å². The molecule has 0 spiro atoms. The highest BCUT2D eigenvalue weighted by molar-refractivity contribution is 5.92. The van der Waals surface area contributed by atoms with Crippen LogP contribution >= 0.6 is 0 Å². The second-order valence-corrected chi connectivity index (χ2v) is 7.41. The van der Waals surface area contributed by atoms with Crippen molar-refractivity contribution >= 4 is 17.2 Å². The Morgan fingerprint density at radius 3 is 2.48 bits per heavy atom. The fourth-order valence-corrected chi connectivity index (χ4v) is 3.43. The van der Waals surface area contributed by atoms with Crippen LogP contribution in [0.5, 0.6) is 23.1 Å². The van der Waals surface area contributed by atoms with E-state index in [0.717, 1.165) is 15.8 Å². The molecule has 10 heteroatoms. The standard InChI is InChI=1S/C23H23N5O5/c1-14-9-15(2)11-17(10-14)33-22-21-26-28(23(30)27(21)8-7-24-22)13-20(29)25-18-6-5-16(31-3)12-19(18)32-4/h5-12H,13H2,1-4H3,(H,25,29). The molecule has 10 nitrogen and oxygen atoms in total. The molecule has 170 valence electrons. The Balaban J connectivity index is 1.59. The molecule has 1 N–H and O–H groups in total. The predicted molar refractivity (Wildman–Crippen MR) is 121 cm³/mol. The third kappa shape index (κ3) is 4.64. The van der Waals surface area contributed by atoms with E-state index in [4.69, 9.17) is 14.2 Å². The highest BCUT2D eigenvalue weighted by Crippen LogP contribution is 2.29. The number of hydrogen-bond donors (Lipinski definition) is 1. The van der Waals surface area contributed by atoms with Crippen LogP contribution in [-0.2, 0) is 11.3 Å². The van der Waals surface area contributed by atoms with E-state index in [9.17, 15) is 9.59 Å². The number of amides is 1. The summed E-state index contributed by atoms with van der Waals surface area (Å²) in [5.74, 6) is 1.31. The minimum Gasteiger partial charge on any atom is -0.497 e. The normalized spacial score (nSPS) is 10.8. The summed E-state index contributed by atoms with van der Waals surface area (Å²) in [6, 6.07) is 10.7. The van der Waals surface area contributed by atoms with Crippen LogP contribution in [-0.4, -0.2) is 39.3 Å². The van der Waals surface area contributed by atoms with Crippen molar-refractivity contribution in [2.24, 2.45) is 0 Å². The number of nitrogens with one attached hydrogen (secondary N) is 1. The SMILES string of the molecule is COc1ccc(NC(=O)Cn2nc3c(Oc4cc(C)cc(C)c4)nccn3c2=O)c(OC)c1. The Bertz CT molecular complexity index is 1370. The molecule has 2 aromatic heterocycles. The fourth-order valence-electron chi connectivity index (χ4n) is 3.43. The molecule has 0 aliphatic heterocycles. The third-order valence-corrected chi connectivity index (χ3v) is 4.86. The van der Waals surface area contributed by atoms with Crippen molar-refractivity contribution in [1.29, 1.82) is 0 Å². The summed E-state index contributed by atoms with van der Waals surface area (Å²) >= 11 is 0. The van der Waals surface area contributed by atoms with Gasteiger partial charge in [-0.1, -0.05) is 6.07 Å². The van der Waals surface area contributed by atoms with Gasteiger partial charge in [-0.15, -0.1) is 5.10 Å². The van der Waals surface area contributed by atoms with E-state index in [1.807, 2.05) is 32.0 Å². The largest absolute Gasteiger partial charge is 0.497 e. The molecule has 0 atom stereocenters. The first-order chi connectivity index (χ1) is 15.9. The number of carbonyl (C=O) groups is 1. The average molecular weight is 449 g/mol. The molecule has 2 aromatic carbocycles. The first-order valence-corrected chi connectivity index (χ1v) is 10.1. The van der Waals surface area contributed by atoms with Gasteiger partial charge in [0.15, 0.2) is 0 Å². The van der Waals surface area contributed by atoms with Crippen molar-refractivity contribution < 1.29 is 19.0 Å². The molecule has 4 rings (SSSR count). The zero-order chi connectivity index (χ0) is 23.5. The Morgan fingerprint density at radius 1 is 1.03 bits per heavy atom. The molecule has 0 aliphatic carbocycles. The lowest BCUT2D eigenvalue weighted by atomic mass is 10.1. The fraction of sp³-hybridized carbons (Fsp3) is 0.217. The molecule has 33 heavy (non-hydrogen) atoms. The monoisotopic (exact) mass is 449 g/mol. The van der Waals surface area contributed by atoms with Gasteiger partial charge >= 0.3 is 5.69 Å². The van der Waals surface area contributed by atoms with Crippen LogP contribution in [0.1, 0.15) is 11.1 Å². The number of methoxy groups -OCH3 is 2.